The van der Waals surface area contributed by atoms with Gasteiger partial charge in [0.15, 0.2) is 0 Å². The second-order valence-corrected chi connectivity index (χ2v) is 4.04. The molecule has 0 bridgehead atoms. The quantitative estimate of drug-likeness (QED) is 0.904. The smallest absolute Gasteiger partial charge is 0.132 e. The van der Waals surface area contributed by atoms with Crippen LogP contribution in [0.25, 0.3) is 0 Å². The highest BCUT2D eigenvalue weighted by atomic mass is 19.1. The van der Waals surface area contributed by atoms with E-state index in [-0.39, 0.29) is 11.9 Å². The maximum Gasteiger partial charge on any atom is 0.132 e. The van der Waals surface area contributed by atoms with Crippen molar-refractivity contribution in [1.29, 1.82) is 0 Å². The van der Waals surface area contributed by atoms with Gasteiger partial charge in [0.25, 0.3) is 0 Å². The predicted octanol–water partition coefficient (Wildman–Crippen LogP) is 3.04. The number of halogens is 1. The summed E-state index contributed by atoms with van der Waals surface area (Å²) in [6, 6.07) is 6.48. The fraction of sp³-hybridized carbons (Fsp3) is 0.286. The summed E-state index contributed by atoms with van der Waals surface area (Å²) in [6.45, 7) is 1.86. The first kappa shape index (κ1) is 12.6. The molecule has 1 N–H and O–H groups in total. The second-order valence-electron chi connectivity index (χ2n) is 4.04. The molecule has 4 heteroatoms. The molecule has 0 radical (unpaired) electrons. The van der Waals surface area contributed by atoms with E-state index >= 15 is 0 Å². The Kier molecular flexibility index (Phi) is 3.67. The van der Waals surface area contributed by atoms with Gasteiger partial charge in [-0.05, 0) is 26.1 Å². The normalized spacial score (nSPS) is 12.4. The van der Waals surface area contributed by atoms with Gasteiger partial charge < -0.3 is 14.5 Å². The molecular formula is C14H16FNO2. The number of methoxy groups -OCH3 is 1. The Labute approximate surface area is 106 Å². The molecule has 0 aliphatic rings. The van der Waals surface area contributed by atoms with Crippen molar-refractivity contribution in [1.82, 2.24) is 5.32 Å². The number of nitrogens with one attached hydrogen (secondary N) is 1. The van der Waals surface area contributed by atoms with Gasteiger partial charge in [0.1, 0.15) is 17.3 Å². The Balaban J connectivity index is 2.42. The van der Waals surface area contributed by atoms with Crippen molar-refractivity contribution in [2.75, 3.05) is 14.2 Å². The molecule has 0 fully saturated rings. The van der Waals surface area contributed by atoms with Crippen LogP contribution in [0.3, 0.4) is 0 Å². The van der Waals surface area contributed by atoms with Crippen LogP contribution in [-0.2, 0) is 0 Å². The lowest BCUT2D eigenvalue weighted by molar-refractivity contribution is 0.410. The number of rotatable bonds is 4. The van der Waals surface area contributed by atoms with Crippen molar-refractivity contribution in [2.45, 2.75) is 13.0 Å². The molecule has 96 valence electrons. The topological polar surface area (TPSA) is 34.4 Å². The number of benzene rings is 1. The second kappa shape index (κ2) is 5.23. The SMILES string of the molecule is CNC(c1ccc(OC)cc1F)c1ccoc1C. The lowest BCUT2D eigenvalue weighted by atomic mass is 9.99. The van der Waals surface area contributed by atoms with E-state index in [2.05, 4.69) is 5.32 Å². The Hall–Kier alpha value is -1.81. The van der Waals surface area contributed by atoms with Gasteiger partial charge in [0.2, 0.25) is 0 Å². The molecule has 3 nitrogen and oxygen atoms in total. The van der Waals surface area contributed by atoms with Crippen LogP contribution in [0.2, 0.25) is 0 Å². The van der Waals surface area contributed by atoms with Crippen molar-refractivity contribution >= 4 is 0 Å². The third kappa shape index (κ3) is 2.24. The van der Waals surface area contributed by atoms with Gasteiger partial charge in [-0.1, -0.05) is 6.07 Å². The Morgan fingerprint density at radius 1 is 1.28 bits per heavy atom. The molecule has 2 aromatic rings. The van der Waals surface area contributed by atoms with Gasteiger partial charge in [0, 0.05) is 17.2 Å². The van der Waals surface area contributed by atoms with Crippen LogP contribution >= 0.6 is 0 Å². The number of furan rings is 1. The molecule has 1 atom stereocenters. The molecule has 0 spiro atoms. The summed E-state index contributed by atoms with van der Waals surface area (Å²) >= 11 is 0. The molecule has 1 unspecified atom stereocenters. The standard InChI is InChI=1S/C14H16FNO2/c1-9-11(6-7-18-9)14(16-2)12-5-4-10(17-3)8-13(12)15/h4-8,14,16H,1-3H3. The van der Waals surface area contributed by atoms with Crippen molar-refractivity contribution < 1.29 is 13.5 Å². The van der Waals surface area contributed by atoms with Crippen LogP contribution in [0, 0.1) is 12.7 Å². The maximum atomic E-state index is 14.0. The molecule has 2 rings (SSSR count). The van der Waals surface area contributed by atoms with Gasteiger partial charge in [-0.25, -0.2) is 4.39 Å². The van der Waals surface area contributed by atoms with Crippen molar-refractivity contribution in [3.8, 4) is 5.75 Å². The fourth-order valence-electron chi connectivity index (χ4n) is 2.04. The first-order valence-electron chi connectivity index (χ1n) is 5.72. The third-order valence-electron chi connectivity index (χ3n) is 3.02. The van der Waals surface area contributed by atoms with E-state index < -0.39 is 0 Å². The molecule has 0 amide bonds. The van der Waals surface area contributed by atoms with E-state index in [9.17, 15) is 4.39 Å². The van der Waals surface area contributed by atoms with Gasteiger partial charge >= 0.3 is 0 Å². The Morgan fingerprint density at radius 3 is 2.56 bits per heavy atom. The molecule has 1 aromatic carbocycles. The zero-order chi connectivity index (χ0) is 13.1. The average Bonchev–Trinajstić information content (AvgIpc) is 2.78. The van der Waals surface area contributed by atoms with E-state index in [0.717, 1.165) is 11.3 Å². The highest BCUT2D eigenvalue weighted by Gasteiger charge is 2.19. The molecule has 0 aliphatic carbocycles. The largest absolute Gasteiger partial charge is 0.497 e. The highest BCUT2D eigenvalue weighted by Crippen LogP contribution is 2.29. The zero-order valence-electron chi connectivity index (χ0n) is 10.7. The summed E-state index contributed by atoms with van der Waals surface area (Å²) < 4.78 is 24.3. The zero-order valence-corrected chi connectivity index (χ0v) is 10.7. The summed E-state index contributed by atoms with van der Waals surface area (Å²) in [6.07, 6.45) is 1.61. The minimum absolute atomic E-state index is 0.227. The molecule has 0 aliphatic heterocycles. The highest BCUT2D eigenvalue weighted by molar-refractivity contribution is 5.37. The van der Waals surface area contributed by atoms with Crippen molar-refractivity contribution in [2.24, 2.45) is 0 Å². The molecule has 1 heterocycles. The fourth-order valence-corrected chi connectivity index (χ4v) is 2.04. The minimum atomic E-state index is -0.297. The average molecular weight is 249 g/mol. The van der Waals surface area contributed by atoms with E-state index in [1.807, 2.05) is 13.0 Å². The summed E-state index contributed by atoms with van der Waals surface area (Å²) in [5.41, 5.74) is 1.50. The summed E-state index contributed by atoms with van der Waals surface area (Å²) in [5, 5.41) is 3.10. The van der Waals surface area contributed by atoms with Crippen LogP contribution in [0.5, 0.6) is 5.75 Å². The number of ether oxygens (including phenoxy) is 1. The first-order chi connectivity index (χ1) is 8.67. The maximum absolute atomic E-state index is 14.0. The number of hydrogen-bond donors (Lipinski definition) is 1. The van der Waals surface area contributed by atoms with E-state index in [0.29, 0.717) is 11.3 Å². The number of aryl methyl sites for hydroxylation is 1. The van der Waals surface area contributed by atoms with Gasteiger partial charge in [-0.3, -0.25) is 0 Å². The van der Waals surface area contributed by atoms with Crippen LogP contribution in [0.15, 0.2) is 34.9 Å². The summed E-state index contributed by atoms with van der Waals surface area (Å²) in [4.78, 5) is 0. The van der Waals surface area contributed by atoms with Crippen molar-refractivity contribution in [3.05, 3.63) is 53.2 Å². The lowest BCUT2D eigenvalue weighted by Crippen LogP contribution is -2.19. The summed E-state index contributed by atoms with van der Waals surface area (Å²) in [5.74, 6) is 0.994. The number of hydrogen-bond acceptors (Lipinski definition) is 3. The first-order valence-corrected chi connectivity index (χ1v) is 5.72. The van der Waals surface area contributed by atoms with E-state index in [1.165, 1.54) is 13.2 Å². The van der Waals surface area contributed by atoms with Crippen LogP contribution < -0.4 is 10.1 Å². The Bertz CT molecular complexity index is 536. The third-order valence-corrected chi connectivity index (χ3v) is 3.02. The molecule has 1 aromatic heterocycles. The Morgan fingerprint density at radius 2 is 2.06 bits per heavy atom. The van der Waals surface area contributed by atoms with Gasteiger partial charge in [-0.15, -0.1) is 0 Å². The predicted molar refractivity (Wildman–Crippen MR) is 67.3 cm³/mol. The van der Waals surface area contributed by atoms with Crippen molar-refractivity contribution in [3.63, 3.8) is 0 Å². The van der Waals surface area contributed by atoms with Crippen LogP contribution in [-0.4, -0.2) is 14.2 Å². The van der Waals surface area contributed by atoms with Crippen LogP contribution in [0.1, 0.15) is 22.9 Å². The summed E-state index contributed by atoms with van der Waals surface area (Å²) in [7, 11) is 3.31. The van der Waals surface area contributed by atoms with E-state index in [4.69, 9.17) is 9.15 Å². The molecular weight excluding hydrogens is 233 g/mol. The van der Waals surface area contributed by atoms with Gasteiger partial charge in [0.05, 0.1) is 19.4 Å². The molecule has 0 saturated carbocycles. The van der Waals surface area contributed by atoms with Crippen LogP contribution in [0.4, 0.5) is 4.39 Å². The lowest BCUT2D eigenvalue weighted by Gasteiger charge is -2.17. The monoisotopic (exact) mass is 249 g/mol. The van der Waals surface area contributed by atoms with E-state index in [1.54, 1.807) is 25.4 Å². The minimum Gasteiger partial charge on any atom is -0.497 e. The molecule has 0 saturated heterocycles. The van der Waals surface area contributed by atoms with Gasteiger partial charge in [-0.2, -0.15) is 0 Å². The molecule has 18 heavy (non-hydrogen) atoms.